The normalized spacial score (nSPS) is 18.1. The van der Waals surface area contributed by atoms with Gasteiger partial charge in [0.15, 0.2) is 0 Å². The highest BCUT2D eigenvalue weighted by Gasteiger charge is 2.43. The molecule has 1 fully saturated rings. The van der Waals surface area contributed by atoms with Crippen LogP contribution in [-0.4, -0.2) is 39.9 Å². The van der Waals surface area contributed by atoms with E-state index >= 15 is 0 Å². The van der Waals surface area contributed by atoms with E-state index in [0.717, 1.165) is 24.3 Å². The molecule has 30 heavy (non-hydrogen) atoms. The summed E-state index contributed by atoms with van der Waals surface area (Å²) in [6.07, 6.45) is 3.91. The average molecular weight is 402 g/mol. The maximum Gasteiger partial charge on any atom is 0.119 e. The summed E-state index contributed by atoms with van der Waals surface area (Å²) < 4.78 is 15.0. The largest absolute Gasteiger partial charge is 0.491 e. The van der Waals surface area contributed by atoms with Crippen LogP contribution in [0.25, 0.3) is 16.6 Å². The average Bonchev–Trinajstić information content (AvgIpc) is 3.25. The third kappa shape index (κ3) is 3.37. The lowest BCUT2D eigenvalue weighted by Crippen LogP contribution is -2.05. The minimum absolute atomic E-state index is 0.377. The summed E-state index contributed by atoms with van der Waals surface area (Å²) in [6.45, 7) is 3.29. The van der Waals surface area contributed by atoms with Crippen molar-refractivity contribution < 1.29 is 9.47 Å². The molecule has 1 aliphatic carbocycles. The maximum atomic E-state index is 5.67. The number of aryl methyl sites for hydroxylation is 1. The summed E-state index contributed by atoms with van der Waals surface area (Å²) in [5, 5.41) is 10.8. The number of hydrogen-bond acceptors (Lipinski definition) is 4. The molecule has 6 heteroatoms. The van der Waals surface area contributed by atoms with Crippen LogP contribution in [0.3, 0.4) is 0 Å². The number of benzene rings is 2. The second kappa shape index (κ2) is 7.95. The second-order valence-electron chi connectivity index (χ2n) is 7.67. The van der Waals surface area contributed by atoms with Gasteiger partial charge in [-0.05, 0) is 49.2 Å². The predicted molar refractivity (Wildman–Crippen MR) is 116 cm³/mol. The van der Waals surface area contributed by atoms with Crippen molar-refractivity contribution in [2.45, 2.75) is 31.7 Å². The van der Waals surface area contributed by atoms with Gasteiger partial charge in [-0.3, -0.25) is 4.68 Å². The van der Waals surface area contributed by atoms with E-state index in [0.29, 0.717) is 25.2 Å². The molecule has 0 bridgehead atoms. The summed E-state index contributed by atoms with van der Waals surface area (Å²) in [5.41, 5.74) is 4.67. The zero-order valence-electron chi connectivity index (χ0n) is 17.4. The Kier molecular flexibility index (Phi) is 5.01. The van der Waals surface area contributed by atoms with Gasteiger partial charge < -0.3 is 9.47 Å². The summed E-state index contributed by atoms with van der Waals surface area (Å²) in [4.78, 5) is 0. The molecule has 0 N–H and O–H groups in total. The molecule has 5 rings (SSSR count). The minimum Gasteiger partial charge on any atom is -0.491 e. The lowest BCUT2D eigenvalue weighted by molar-refractivity contribution is 0.146. The molecular formula is C24H26N4O2. The van der Waals surface area contributed by atoms with Crippen LogP contribution in [0.5, 0.6) is 5.75 Å². The van der Waals surface area contributed by atoms with Crippen molar-refractivity contribution in [2.75, 3.05) is 20.3 Å². The van der Waals surface area contributed by atoms with E-state index in [9.17, 15) is 0 Å². The number of nitrogens with zero attached hydrogens (tertiary/aromatic N) is 4. The first-order valence-electron chi connectivity index (χ1n) is 10.5. The number of methoxy groups -OCH3 is 1. The molecular weight excluding hydrogens is 376 g/mol. The second-order valence-corrected chi connectivity index (χ2v) is 7.67. The van der Waals surface area contributed by atoms with Gasteiger partial charge >= 0.3 is 0 Å². The van der Waals surface area contributed by atoms with Crippen LogP contribution in [0.4, 0.5) is 0 Å². The fourth-order valence-corrected chi connectivity index (χ4v) is 4.18. The lowest BCUT2D eigenvalue weighted by Gasteiger charge is -2.10. The predicted octanol–water partition coefficient (Wildman–Crippen LogP) is 4.54. The molecule has 1 aliphatic rings. The molecule has 1 unspecified atom stereocenters. The third-order valence-electron chi connectivity index (χ3n) is 5.79. The Labute approximate surface area is 176 Å². The van der Waals surface area contributed by atoms with E-state index in [1.165, 1.54) is 22.3 Å². The lowest BCUT2D eigenvalue weighted by atomic mass is 10.2. The molecule has 2 aromatic carbocycles. The maximum absolute atomic E-state index is 5.67. The number of ether oxygens (including phenoxy) is 2. The van der Waals surface area contributed by atoms with E-state index in [1.54, 1.807) is 7.11 Å². The summed E-state index contributed by atoms with van der Waals surface area (Å²) >= 11 is 0. The van der Waals surface area contributed by atoms with Crippen molar-refractivity contribution >= 4 is 10.9 Å². The molecule has 0 aliphatic heterocycles. The smallest absolute Gasteiger partial charge is 0.119 e. The molecule has 1 saturated carbocycles. The molecule has 154 valence electrons. The first kappa shape index (κ1) is 18.9. The summed E-state index contributed by atoms with van der Waals surface area (Å²) in [5.74, 6) is 1.25. The zero-order valence-corrected chi connectivity index (χ0v) is 17.4. The topological polar surface area (TPSA) is 54.1 Å². The van der Waals surface area contributed by atoms with Crippen molar-refractivity contribution in [3.05, 3.63) is 72.2 Å². The van der Waals surface area contributed by atoms with Gasteiger partial charge in [0.1, 0.15) is 12.4 Å². The molecule has 6 nitrogen and oxygen atoms in total. The van der Waals surface area contributed by atoms with Crippen LogP contribution in [0.1, 0.15) is 36.7 Å². The van der Waals surface area contributed by atoms with Gasteiger partial charge in [0.05, 0.1) is 29.5 Å². The van der Waals surface area contributed by atoms with Crippen LogP contribution >= 0.6 is 0 Å². The molecule has 2 aromatic heterocycles. The Morgan fingerprint density at radius 1 is 1.03 bits per heavy atom. The van der Waals surface area contributed by atoms with E-state index in [4.69, 9.17) is 14.6 Å². The van der Waals surface area contributed by atoms with Gasteiger partial charge in [0.2, 0.25) is 0 Å². The van der Waals surface area contributed by atoms with Crippen LogP contribution < -0.4 is 4.74 Å². The first-order chi connectivity index (χ1) is 14.8. The van der Waals surface area contributed by atoms with Crippen molar-refractivity contribution in [3.8, 4) is 11.4 Å². The van der Waals surface area contributed by atoms with Crippen molar-refractivity contribution in [2.24, 2.45) is 0 Å². The number of fused-ring (bicyclic) bond motifs is 1. The van der Waals surface area contributed by atoms with Crippen LogP contribution in [-0.2, 0) is 11.2 Å². The summed E-state index contributed by atoms with van der Waals surface area (Å²) in [7, 11) is 1.67. The fourth-order valence-electron chi connectivity index (χ4n) is 4.18. The molecule has 0 amide bonds. The molecule has 2 atom stereocenters. The van der Waals surface area contributed by atoms with Gasteiger partial charge in [-0.25, -0.2) is 4.68 Å². The molecule has 0 saturated heterocycles. The number of hydrogen-bond donors (Lipinski definition) is 0. The van der Waals surface area contributed by atoms with E-state index < -0.39 is 0 Å². The van der Waals surface area contributed by atoms with Crippen LogP contribution in [0.2, 0.25) is 0 Å². The Balaban J connectivity index is 1.38. The Hall–Kier alpha value is -3.12. The zero-order chi connectivity index (χ0) is 20.5. The monoisotopic (exact) mass is 402 g/mol. The van der Waals surface area contributed by atoms with Gasteiger partial charge in [0.25, 0.3) is 0 Å². The number of rotatable bonds is 8. The van der Waals surface area contributed by atoms with E-state index in [1.807, 2.05) is 23.0 Å². The van der Waals surface area contributed by atoms with Crippen molar-refractivity contribution in [1.82, 2.24) is 19.6 Å². The first-order valence-corrected chi connectivity index (χ1v) is 10.5. The highest BCUT2D eigenvalue weighted by Crippen LogP contribution is 2.52. The van der Waals surface area contributed by atoms with Gasteiger partial charge in [-0.15, -0.1) is 0 Å². The number of para-hydroxylation sites is 1. The molecule has 2 heterocycles. The Bertz CT molecular complexity index is 1150. The van der Waals surface area contributed by atoms with Crippen LogP contribution in [0.15, 0.2) is 60.8 Å². The third-order valence-corrected chi connectivity index (χ3v) is 5.79. The quantitative estimate of drug-likeness (QED) is 0.406. The van der Waals surface area contributed by atoms with Gasteiger partial charge in [0, 0.05) is 30.3 Å². The van der Waals surface area contributed by atoms with Crippen molar-refractivity contribution in [3.63, 3.8) is 0 Å². The highest BCUT2D eigenvalue weighted by atomic mass is 16.5. The molecule has 0 radical (unpaired) electrons. The SMILES string of the molecule is CCc1nn([C@H]2CC2c2ccnn2-c2ccc(OCCOC)cc2)c2ccccc12. The van der Waals surface area contributed by atoms with E-state index in [-0.39, 0.29) is 0 Å². The minimum atomic E-state index is 0.377. The summed E-state index contributed by atoms with van der Waals surface area (Å²) in [6, 6.07) is 19.1. The highest BCUT2D eigenvalue weighted by molar-refractivity contribution is 5.82. The molecule has 4 aromatic rings. The Morgan fingerprint density at radius 2 is 1.87 bits per heavy atom. The van der Waals surface area contributed by atoms with Crippen LogP contribution in [0, 0.1) is 0 Å². The fraction of sp³-hybridized carbons (Fsp3) is 0.333. The van der Waals surface area contributed by atoms with Crippen molar-refractivity contribution in [1.29, 1.82) is 0 Å². The van der Waals surface area contributed by atoms with E-state index in [2.05, 4.69) is 59.2 Å². The number of aromatic nitrogens is 4. The Morgan fingerprint density at radius 3 is 2.67 bits per heavy atom. The standard InChI is InChI=1S/C24H26N4O2/c1-3-21-19-6-4-5-7-22(19)28(26-21)24-16-20(24)23-12-13-25-27(23)17-8-10-18(11-9-17)30-15-14-29-2/h4-13,20,24H,3,14-16H2,1-2H3/t20?,24-/m0/s1. The molecule has 0 spiro atoms. The van der Waals surface area contributed by atoms with Gasteiger partial charge in [-0.2, -0.15) is 10.2 Å². The van der Waals surface area contributed by atoms with Gasteiger partial charge in [-0.1, -0.05) is 25.1 Å².